The summed E-state index contributed by atoms with van der Waals surface area (Å²) < 4.78 is 30.3. The summed E-state index contributed by atoms with van der Waals surface area (Å²) in [6, 6.07) is 24.0. The summed E-state index contributed by atoms with van der Waals surface area (Å²) in [5, 5.41) is 94.4. The number of aliphatic hydroxyl groups is 5. The van der Waals surface area contributed by atoms with Crippen LogP contribution in [0.4, 0.5) is 4.79 Å². The number of nitrogens with one attached hydrogen (secondary N) is 9. The summed E-state index contributed by atoms with van der Waals surface area (Å²) >= 11 is 0. The fourth-order valence-electron chi connectivity index (χ4n) is 17.4. The van der Waals surface area contributed by atoms with Gasteiger partial charge in [-0.05, 0) is 138 Å². The second-order valence-electron chi connectivity index (χ2n) is 34.9. The van der Waals surface area contributed by atoms with Crippen LogP contribution >= 0.6 is 21.6 Å². The molecule has 11 rings (SSSR count). The quantitative estimate of drug-likeness (QED) is 0.0105. The van der Waals surface area contributed by atoms with E-state index in [-0.39, 0.29) is 129 Å². The number of ether oxygens (including phenoxy) is 5. The minimum atomic E-state index is -2.56. The second-order valence-corrected chi connectivity index (χ2v) is 37.4. The molecule has 2 bridgehead atoms. The van der Waals surface area contributed by atoms with Crippen LogP contribution in [0.3, 0.4) is 0 Å². The second kappa shape index (κ2) is 43.9. The van der Waals surface area contributed by atoms with Gasteiger partial charge in [0.25, 0.3) is 0 Å². The first-order valence-electron chi connectivity index (χ1n) is 42.4. The molecule has 19 atom stereocenters. The summed E-state index contributed by atoms with van der Waals surface area (Å²) in [5.41, 5.74) is 3.79. The maximum atomic E-state index is 15.7. The Kier molecular flexibility index (Phi) is 34.5. The molecule has 691 valence electrons. The molecule has 9 amide bonds. The van der Waals surface area contributed by atoms with Crippen LogP contribution in [-0.4, -0.2) is 239 Å². The van der Waals surface area contributed by atoms with Gasteiger partial charge in [-0.2, -0.15) is 0 Å². The number of phenols is 1. The number of amides is 9. The Balaban J connectivity index is 0.0000173. The number of para-hydroxylation sites is 1. The van der Waals surface area contributed by atoms with E-state index in [0.717, 1.165) is 21.6 Å². The van der Waals surface area contributed by atoms with Crippen molar-refractivity contribution in [1.82, 2.24) is 47.5 Å². The molecule has 5 aliphatic rings. The Bertz CT molecular complexity index is 5090. The summed E-state index contributed by atoms with van der Waals surface area (Å²) in [6.07, 6.45) is -14.5. The molecule has 0 unspecified atom stereocenters. The minimum absolute atomic E-state index is 0. The number of hydrogen-bond acceptors (Lipinski definition) is 27. The number of Topliss-reactive ketones (excluding diaryl/α,β-unsaturated/α-hetero) is 1. The van der Waals surface area contributed by atoms with Crippen LogP contribution < -0.4 is 54.0 Å². The van der Waals surface area contributed by atoms with Gasteiger partial charge in [-0.1, -0.05) is 145 Å². The van der Waals surface area contributed by atoms with Crippen molar-refractivity contribution in [2.75, 3.05) is 24.7 Å². The number of H-pyrrole nitrogens is 1. The van der Waals surface area contributed by atoms with Gasteiger partial charge in [0.1, 0.15) is 89.2 Å². The number of carbonyl (C=O) groups excluding carboxylic acids is 13. The van der Waals surface area contributed by atoms with Crippen molar-refractivity contribution in [3.63, 3.8) is 0 Å². The van der Waals surface area contributed by atoms with E-state index in [1.807, 2.05) is 0 Å². The SMILES string of the molecule is CC1=C2[C@@H](O)C(=O)[C@@]3(C)[C@H]([C@H](OC(=O)c4ccccc4)[C@](O)(C[C@@H]1OC(=O)[C@H](OC(=O)CCCC(=O)N[C@H](Cc1ccccc1)C(=O)N[C@H]1CSSC[C@@H](C(=O)N[C@H](C(N)=O)[C@@H](C)O)NC(=O)[C@H](CCCCN)NC(=O)[C@@H](Cc4c[nH]c5ccccc45)NC(=O)[C@H](Cc4ccc(O)cc4)NC1=O)[C@@H](NC(=O)OC(C)(C)C)c1ccccc1)C2(C)C)[C@]1(O)CO[C@@H]1C[C@@H]3O.[Ac]. The van der Waals surface area contributed by atoms with Gasteiger partial charge in [0.15, 0.2) is 5.78 Å². The first kappa shape index (κ1) is 101. The van der Waals surface area contributed by atoms with E-state index in [1.165, 1.54) is 83.1 Å². The Hall–Kier alpha value is -9.85. The number of aromatic nitrogens is 1. The molecule has 2 saturated carbocycles. The van der Waals surface area contributed by atoms with Gasteiger partial charge in [-0.25, -0.2) is 14.4 Å². The zero-order valence-corrected chi connectivity index (χ0v) is 79.2. The van der Waals surface area contributed by atoms with Crippen molar-refractivity contribution < 1.29 is 161 Å². The molecular formula is C91H113AcN11O24S2. The van der Waals surface area contributed by atoms with Crippen molar-refractivity contribution in [1.29, 1.82) is 0 Å². The number of phenolic OH excluding ortho intramolecular Hbond substituents is 1. The van der Waals surface area contributed by atoms with Gasteiger partial charge in [0, 0.05) is 129 Å². The number of unbranched alkanes of at least 4 members (excludes halogenated alkanes) is 1. The number of nitrogens with two attached hydrogens (primary N) is 2. The summed E-state index contributed by atoms with van der Waals surface area (Å²) in [7, 11) is 1.81. The first-order valence-corrected chi connectivity index (χ1v) is 44.9. The minimum Gasteiger partial charge on any atom is -0.508 e. The van der Waals surface area contributed by atoms with E-state index in [2.05, 4.69) is 47.5 Å². The topological polar surface area (TPSA) is 554 Å². The van der Waals surface area contributed by atoms with Crippen LogP contribution in [-0.2, 0) is 95.7 Å². The Morgan fingerprint density at radius 1 is 0.705 bits per heavy atom. The summed E-state index contributed by atoms with van der Waals surface area (Å²) in [6.45, 7) is 11.4. The molecule has 1 radical (unpaired) electrons. The van der Waals surface area contributed by atoms with Gasteiger partial charge in [-0.15, -0.1) is 0 Å². The van der Waals surface area contributed by atoms with E-state index in [4.69, 9.17) is 35.2 Å². The monoisotopic (exact) mass is 2030 g/mol. The Morgan fingerprint density at radius 2 is 1.32 bits per heavy atom. The van der Waals surface area contributed by atoms with E-state index >= 15 is 28.8 Å². The number of aromatic amines is 1. The van der Waals surface area contributed by atoms with Crippen LogP contribution in [0.2, 0.25) is 0 Å². The van der Waals surface area contributed by atoms with Crippen molar-refractivity contribution in [3.05, 3.63) is 185 Å². The van der Waals surface area contributed by atoms with Crippen molar-refractivity contribution in [2.24, 2.45) is 28.2 Å². The summed E-state index contributed by atoms with van der Waals surface area (Å²) in [5.74, 6) is -14.8. The van der Waals surface area contributed by atoms with Gasteiger partial charge in [0.05, 0.1) is 35.9 Å². The number of rotatable bonds is 29. The predicted octanol–water partition coefficient (Wildman–Crippen LogP) is 3.11. The molecule has 1 aromatic heterocycles. The zero-order chi connectivity index (χ0) is 92.9. The molecule has 3 heterocycles. The molecule has 19 N–H and O–H groups in total. The average molecular weight is 2040 g/mol. The van der Waals surface area contributed by atoms with Crippen LogP contribution in [0.5, 0.6) is 5.75 Å². The van der Waals surface area contributed by atoms with Crippen LogP contribution in [0.1, 0.15) is 145 Å². The molecule has 2 aliphatic heterocycles. The molecule has 3 aliphatic carbocycles. The number of carbonyl (C=O) groups is 13. The predicted molar refractivity (Wildman–Crippen MR) is 468 cm³/mol. The molecule has 38 heteroatoms. The van der Waals surface area contributed by atoms with Gasteiger partial charge in [-0.3, -0.25) is 47.9 Å². The van der Waals surface area contributed by atoms with Crippen molar-refractivity contribution >= 4 is 110 Å². The third kappa shape index (κ3) is 24.1. The van der Waals surface area contributed by atoms with Crippen LogP contribution in [0.25, 0.3) is 10.9 Å². The Morgan fingerprint density at radius 3 is 1.95 bits per heavy atom. The Labute approximate surface area is 789 Å². The van der Waals surface area contributed by atoms with Crippen molar-refractivity contribution in [2.45, 2.75) is 234 Å². The molecule has 0 spiro atoms. The van der Waals surface area contributed by atoms with E-state index in [1.54, 1.807) is 118 Å². The normalized spacial score (nSPS) is 26.6. The van der Waals surface area contributed by atoms with Gasteiger partial charge < -0.3 is 113 Å². The number of ketones is 1. The molecule has 5 aromatic carbocycles. The molecule has 2 saturated heterocycles. The molecule has 35 nitrogen and oxygen atoms in total. The molecular weight excluding hydrogens is 1920 g/mol. The van der Waals surface area contributed by atoms with E-state index in [0.29, 0.717) is 40.4 Å². The number of esters is 3. The van der Waals surface area contributed by atoms with E-state index < -0.39 is 228 Å². The first-order chi connectivity index (χ1) is 60.6. The van der Waals surface area contributed by atoms with E-state index in [9.17, 15) is 64.2 Å². The average Bonchev–Trinajstić information content (AvgIpc) is 0.848. The molecule has 4 fully saturated rings. The number of hydrogen-bond donors (Lipinski definition) is 17. The maximum absolute atomic E-state index is 15.7. The standard InChI is InChI=1S/C91H113N11O24S2.Ac/c1-48-64(43-91(121)76(125-84(117)53-27-16-11-17-28-53)74-89(8,65(105)42-66-90(74,120)47-122-66)75(109)72(108)69(48)88(91,6)7)123-85(118)73(71(52-25-14-10-15-26-52)102-86(119)126-87(3,4)5)124-68(107)33-22-32-67(106)95-59(39-50-23-12-9-13-24-50)79(112)100-62-45-127-128-46-63(83(116)101-70(49(2)103)77(93)110)99-78(111)58(31-20-21-38-92)96-81(114)61(41-54-44-94-57-30-19-18-29-56(54)57)98-80(113)60(97-82(62)115)40-51-34-36-55(104)37-35-51;/h9-19,23-30,34-37,44,49,58-66,70-74,76,94,103-105,108,120-121H,20-22,31-33,38-43,45-47,92H2,1-8H3,(H2,93,110)(H,95,106)(H,96,114)(H,97,115)(H,98,113)(H,99,111)(H,100,112)(H,101,116)(H,102,119);/t49-,58+,59-,60+,61-,62+,63+,64+,65+,66-,70+,71+,72-,73-,74+,76+,89-,90+,91-;/m1./s1. The molecule has 6 aromatic rings. The number of aromatic hydroxyl groups is 1. The number of primary amides is 1. The number of benzene rings is 5. The van der Waals surface area contributed by atoms with Crippen LogP contribution in [0, 0.1) is 60.8 Å². The third-order valence-corrected chi connectivity index (χ3v) is 26.9. The van der Waals surface area contributed by atoms with Gasteiger partial charge in [0.2, 0.25) is 53.4 Å². The smallest absolute Gasteiger partial charge is 0.408 e. The third-order valence-electron chi connectivity index (χ3n) is 24.4. The summed E-state index contributed by atoms with van der Waals surface area (Å²) in [4.78, 5) is 195. The number of fused-ring (bicyclic) bond motifs is 6. The number of aliphatic hydroxyl groups excluding tert-OH is 3. The van der Waals surface area contributed by atoms with Gasteiger partial charge >= 0.3 is 24.0 Å². The molecule has 129 heavy (non-hydrogen) atoms. The zero-order valence-electron chi connectivity index (χ0n) is 72.8. The largest absolute Gasteiger partial charge is 0.508 e. The fraction of sp³-hybridized carbons (Fsp3) is 0.484. The van der Waals surface area contributed by atoms with Crippen molar-refractivity contribution in [3.8, 4) is 5.75 Å². The fourth-order valence-corrected chi connectivity index (χ4v) is 19.7. The maximum Gasteiger partial charge on any atom is 0.408 e. The number of alkyl carbamates (subject to hydrolysis) is 1. The van der Waals surface area contributed by atoms with Crippen LogP contribution in [0.15, 0.2) is 157 Å².